The number of ether oxygens (including phenoxy) is 2. The quantitative estimate of drug-likeness (QED) is 0.588. The lowest BCUT2D eigenvalue weighted by Crippen LogP contribution is -2.48. The monoisotopic (exact) mass is 313 g/mol. The molecule has 0 bridgehead atoms. The molecule has 0 spiro atoms. The molecule has 22 heavy (non-hydrogen) atoms. The van der Waals surface area contributed by atoms with Crippen LogP contribution < -0.4 is 10.6 Å². The van der Waals surface area contributed by atoms with E-state index in [0.717, 1.165) is 0 Å². The number of rotatable bonds is 6. The summed E-state index contributed by atoms with van der Waals surface area (Å²) in [6.45, 7) is 2.62. The van der Waals surface area contributed by atoms with E-state index in [0.29, 0.717) is 25.4 Å². The lowest BCUT2D eigenvalue weighted by molar-refractivity contribution is -0.137. The molecule has 3 N–H and O–H groups in total. The highest BCUT2D eigenvalue weighted by atomic mass is 16.6. The second kappa shape index (κ2) is 7.34. The minimum Gasteiger partial charge on any atom is -0.394 e. The molecule has 122 valence electrons. The Kier molecular flexibility index (Phi) is 5.47. The van der Waals surface area contributed by atoms with Gasteiger partial charge in [0.2, 0.25) is 0 Å². The van der Waals surface area contributed by atoms with Crippen LogP contribution in [0.5, 0.6) is 0 Å². The van der Waals surface area contributed by atoms with Gasteiger partial charge in [-0.1, -0.05) is 5.16 Å². The minimum atomic E-state index is -0.843. The summed E-state index contributed by atoms with van der Waals surface area (Å²) in [6.07, 6.45) is 0.581. The zero-order valence-electron chi connectivity index (χ0n) is 12.3. The van der Waals surface area contributed by atoms with Gasteiger partial charge in [0.25, 0.3) is 0 Å². The topological polar surface area (TPSA) is 123 Å². The van der Waals surface area contributed by atoms with E-state index in [4.69, 9.17) is 19.1 Å². The highest BCUT2D eigenvalue weighted by Crippen LogP contribution is 2.22. The summed E-state index contributed by atoms with van der Waals surface area (Å²) >= 11 is 0. The average Bonchev–Trinajstić information content (AvgIpc) is 3.12. The number of anilines is 1. The fourth-order valence-electron chi connectivity index (χ4n) is 2.07. The molecule has 1 aromatic rings. The van der Waals surface area contributed by atoms with Crippen molar-refractivity contribution in [3.05, 3.63) is 11.8 Å². The van der Waals surface area contributed by atoms with E-state index in [2.05, 4.69) is 15.8 Å². The van der Waals surface area contributed by atoms with Crippen LogP contribution in [0.4, 0.5) is 5.82 Å². The number of aromatic nitrogens is 1. The van der Waals surface area contributed by atoms with Gasteiger partial charge < -0.3 is 24.4 Å². The molecule has 1 saturated heterocycles. The summed E-state index contributed by atoms with van der Waals surface area (Å²) in [5.41, 5.74) is -0.705. The van der Waals surface area contributed by atoms with E-state index < -0.39 is 17.4 Å². The van der Waals surface area contributed by atoms with Crippen molar-refractivity contribution in [1.29, 1.82) is 0 Å². The van der Waals surface area contributed by atoms with Crippen LogP contribution in [0.3, 0.4) is 0 Å². The van der Waals surface area contributed by atoms with Crippen molar-refractivity contribution in [1.82, 2.24) is 10.5 Å². The second-order valence-corrected chi connectivity index (χ2v) is 5.02. The van der Waals surface area contributed by atoms with Crippen molar-refractivity contribution in [3.8, 4) is 0 Å². The van der Waals surface area contributed by atoms with Crippen LogP contribution in [-0.4, -0.2) is 60.7 Å². The first-order valence-corrected chi connectivity index (χ1v) is 6.90. The molecule has 1 unspecified atom stereocenters. The van der Waals surface area contributed by atoms with Gasteiger partial charge in [0.05, 0.1) is 19.8 Å². The average molecular weight is 313 g/mol. The standard InChI is InChI=1S/C13H19N3O6/c1-9-6-10(16-22-9)15-12(19)11(18)14-7-13(21-5-3-17)2-4-20-8-13/h6,17H,2-5,7-8H2,1H3,(H,14,18)(H,15,16,19). The molecule has 1 atom stereocenters. The number of aliphatic hydroxyl groups excluding tert-OH is 1. The Balaban J connectivity index is 1.83. The first kappa shape index (κ1) is 16.4. The van der Waals surface area contributed by atoms with Gasteiger partial charge in [0.1, 0.15) is 11.4 Å². The molecule has 2 rings (SSSR count). The van der Waals surface area contributed by atoms with Crippen LogP contribution in [0.2, 0.25) is 0 Å². The van der Waals surface area contributed by atoms with Gasteiger partial charge in [0, 0.05) is 25.6 Å². The number of hydrogen-bond acceptors (Lipinski definition) is 7. The van der Waals surface area contributed by atoms with Crippen LogP contribution in [0, 0.1) is 6.92 Å². The third-order valence-electron chi connectivity index (χ3n) is 3.21. The van der Waals surface area contributed by atoms with Crippen molar-refractivity contribution in [2.75, 3.05) is 38.3 Å². The summed E-state index contributed by atoms with van der Waals surface area (Å²) < 4.78 is 15.6. The van der Waals surface area contributed by atoms with Gasteiger partial charge in [-0.15, -0.1) is 0 Å². The first-order valence-electron chi connectivity index (χ1n) is 6.90. The molecule has 0 saturated carbocycles. The minimum absolute atomic E-state index is 0.122. The van der Waals surface area contributed by atoms with E-state index in [1.165, 1.54) is 6.07 Å². The van der Waals surface area contributed by atoms with Crippen LogP contribution in [0.15, 0.2) is 10.6 Å². The van der Waals surface area contributed by atoms with Crippen molar-refractivity contribution in [3.63, 3.8) is 0 Å². The van der Waals surface area contributed by atoms with Crippen molar-refractivity contribution in [2.45, 2.75) is 18.9 Å². The molecule has 2 heterocycles. The first-order chi connectivity index (χ1) is 10.5. The number of aryl methyl sites for hydroxylation is 1. The predicted octanol–water partition coefficient (Wildman–Crippen LogP) is -0.794. The van der Waals surface area contributed by atoms with Gasteiger partial charge in [-0.05, 0) is 6.92 Å². The number of amides is 2. The Morgan fingerprint density at radius 1 is 1.50 bits per heavy atom. The highest BCUT2D eigenvalue weighted by Gasteiger charge is 2.36. The van der Waals surface area contributed by atoms with Crippen molar-refractivity contribution < 1.29 is 28.7 Å². The summed E-state index contributed by atoms with van der Waals surface area (Å²) in [5.74, 6) is -0.952. The molecule has 1 aliphatic heterocycles. The molecular weight excluding hydrogens is 294 g/mol. The van der Waals surface area contributed by atoms with Gasteiger partial charge in [-0.3, -0.25) is 14.9 Å². The molecule has 1 fully saturated rings. The van der Waals surface area contributed by atoms with Crippen LogP contribution in [-0.2, 0) is 19.1 Å². The largest absolute Gasteiger partial charge is 0.394 e. The Morgan fingerprint density at radius 2 is 2.32 bits per heavy atom. The normalized spacial score (nSPS) is 20.8. The van der Waals surface area contributed by atoms with Gasteiger partial charge in [-0.2, -0.15) is 0 Å². The molecule has 9 nitrogen and oxygen atoms in total. The van der Waals surface area contributed by atoms with Crippen LogP contribution in [0.25, 0.3) is 0 Å². The number of aliphatic hydroxyl groups is 1. The predicted molar refractivity (Wildman–Crippen MR) is 74.1 cm³/mol. The molecule has 1 aliphatic rings. The van der Waals surface area contributed by atoms with Crippen LogP contribution >= 0.6 is 0 Å². The third-order valence-corrected chi connectivity index (χ3v) is 3.21. The SMILES string of the molecule is Cc1cc(NC(=O)C(=O)NCC2(OCCO)CCOC2)no1. The lowest BCUT2D eigenvalue weighted by atomic mass is 10.0. The Labute approximate surface area is 126 Å². The molecule has 2 amide bonds. The summed E-state index contributed by atoms with van der Waals surface area (Å²) in [7, 11) is 0. The number of nitrogens with zero attached hydrogens (tertiary/aromatic N) is 1. The zero-order valence-corrected chi connectivity index (χ0v) is 12.3. The number of carbonyl (C=O) groups is 2. The molecule has 0 aliphatic carbocycles. The number of carbonyl (C=O) groups excluding carboxylic acids is 2. The maximum atomic E-state index is 11.8. The molecule has 0 radical (unpaired) electrons. The van der Waals surface area contributed by atoms with E-state index >= 15 is 0 Å². The molecule has 0 aromatic carbocycles. The fourth-order valence-corrected chi connectivity index (χ4v) is 2.07. The fraction of sp³-hybridized carbons (Fsp3) is 0.615. The molecular formula is C13H19N3O6. The zero-order chi connectivity index (χ0) is 16.0. The van der Waals surface area contributed by atoms with E-state index in [1.807, 2.05) is 0 Å². The van der Waals surface area contributed by atoms with Crippen LogP contribution in [0.1, 0.15) is 12.2 Å². The maximum absolute atomic E-state index is 11.8. The van der Waals surface area contributed by atoms with Crippen molar-refractivity contribution in [2.24, 2.45) is 0 Å². The van der Waals surface area contributed by atoms with E-state index in [-0.39, 0.29) is 25.6 Å². The van der Waals surface area contributed by atoms with Crippen molar-refractivity contribution >= 4 is 17.6 Å². The Hall–Kier alpha value is -1.97. The summed E-state index contributed by atoms with van der Waals surface area (Å²) in [4.78, 5) is 23.5. The van der Waals surface area contributed by atoms with E-state index in [9.17, 15) is 9.59 Å². The summed E-state index contributed by atoms with van der Waals surface area (Å²) in [6, 6.07) is 1.50. The lowest BCUT2D eigenvalue weighted by Gasteiger charge is -2.27. The molecule has 9 heteroatoms. The van der Waals surface area contributed by atoms with E-state index in [1.54, 1.807) is 6.92 Å². The second-order valence-electron chi connectivity index (χ2n) is 5.02. The number of hydrogen-bond donors (Lipinski definition) is 3. The smallest absolute Gasteiger partial charge is 0.314 e. The molecule has 1 aromatic heterocycles. The Bertz CT molecular complexity index is 524. The number of nitrogens with one attached hydrogen (secondary N) is 2. The summed E-state index contributed by atoms with van der Waals surface area (Å²) in [5, 5.41) is 17.2. The Morgan fingerprint density at radius 3 is 2.91 bits per heavy atom. The third kappa shape index (κ3) is 4.26. The van der Waals surface area contributed by atoms with Gasteiger partial charge in [0.15, 0.2) is 5.82 Å². The van der Waals surface area contributed by atoms with Gasteiger partial charge in [-0.25, -0.2) is 0 Å². The maximum Gasteiger partial charge on any atom is 0.314 e. The van der Waals surface area contributed by atoms with Gasteiger partial charge >= 0.3 is 11.8 Å². The highest BCUT2D eigenvalue weighted by molar-refractivity contribution is 6.39.